The molecule has 45 heavy (non-hydrogen) atoms. The number of nitrogens with one attached hydrogen (secondary N) is 1. The molecule has 1 aromatic carbocycles. The minimum Gasteiger partial charge on any atom is -0.388 e. The van der Waals surface area contributed by atoms with Crippen molar-refractivity contribution in [1.82, 2.24) is 0 Å². The molecule has 7 atom stereocenters. The number of ether oxygens (including phenoxy) is 4. The lowest BCUT2D eigenvalue weighted by molar-refractivity contribution is -0.322. The van der Waals surface area contributed by atoms with E-state index >= 15 is 0 Å². The van der Waals surface area contributed by atoms with Crippen molar-refractivity contribution < 1.29 is 29.2 Å². The van der Waals surface area contributed by atoms with Crippen LogP contribution in [0.3, 0.4) is 0 Å². The molecule has 1 spiro atoms. The van der Waals surface area contributed by atoms with Crippen LogP contribution in [0, 0.1) is 34.5 Å². The molecule has 1 aromatic rings. The second-order valence-corrected chi connectivity index (χ2v) is 15.9. The molecule has 3 saturated carbocycles. The van der Waals surface area contributed by atoms with Crippen molar-refractivity contribution in [2.45, 2.75) is 121 Å². The van der Waals surface area contributed by atoms with Gasteiger partial charge in [0.25, 0.3) is 0 Å². The van der Waals surface area contributed by atoms with Crippen LogP contribution in [0.2, 0.25) is 0 Å². The van der Waals surface area contributed by atoms with Gasteiger partial charge in [-0.2, -0.15) is 0 Å². The molecule has 0 aromatic heterocycles. The van der Waals surface area contributed by atoms with Crippen molar-refractivity contribution in [3.63, 3.8) is 0 Å². The molecule has 7 nitrogen and oxygen atoms in total. The predicted molar refractivity (Wildman–Crippen MR) is 173 cm³/mol. The van der Waals surface area contributed by atoms with Crippen LogP contribution in [0.5, 0.6) is 0 Å². The van der Waals surface area contributed by atoms with Crippen molar-refractivity contribution in [3.05, 3.63) is 41.0 Å². The molecule has 3 N–H and O–H groups in total. The minimum atomic E-state index is -1.09. The zero-order valence-corrected chi connectivity index (χ0v) is 27.8. The van der Waals surface area contributed by atoms with E-state index in [9.17, 15) is 10.2 Å². The molecule has 246 valence electrons. The van der Waals surface area contributed by atoms with Gasteiger partial charge in [-0.15, -0.1) is 0 Å². The Bertz CT molecular complexity index is 1340. The first-order valence-electron chi connectivity index (χ1n) is 17.5. The first-order valence-corrected chi connectivity index (χ1v) is 17.5. The Morgan fingerprint density at radius 3 is 2.47 bits per heavy atom. The first-order chi connectivity index (χ1) is 21.5. The maximum absolute atomic E-state index is 12.5. The van der Waals surface area contributed by atoms with Crippen LogP contribution in [0.1, 0.15) is 103 Å². The average Bonchev–Trinajstić information content (AvgIpc) is 3.30. The summed E-state index contributed by atoms with van der Waals surface area (Å²) in [5.74, 6) is 6.56. The molecule has 6 aliphatic rings. The van der Waals surface area contributed by atoms with E-state index < -0.39 is 17.0 Å². The van der Waals surface area contributed by atoms with Crippen molar-refractivity contribution in [1.29, 1.82) is 0 Å². The van der Waals surface area contributed by atoms with Crippen molar-refractivity contribution in [3.8, 4) is 11.8 Å². The van der Waals surface area contributed by atoms with Gasteiger partial charge in [-0.25, -0.2) is 0 Å². The van der Waals surface area contributed by atoms with E-state index in [1.807, 2.05) is 7.05 Å². The van der Waals surface area contributed by atoms with Gasteiger partial charge in [0.05, 0.1) is 18.8 Å². The molecular formula is C38H53NO6. The fourth-order valence-electron chi connectivity index (χ4n) is 9.80. The SMILES string of the molecule is CNc1ccc([C@H]2C[C@@]3(C)[C@@H](CC[C@@]3(O)C#CCOC3CCCCO3)[C@@H]3CC[C@@]4(O)CC5(CCC4=C32)OCC(C)(C)CO5)cc1. The predicted octanol–water partition coefficient (Wildman–Crippen LogP) is 6.30. The third kappa shape index (κ3) is 5.58. The number of hydrogen-bond donors (Lipinski definition) is 3. The molecule has 4 aliphatic carbocycles. The highest BCUT2D eigenvalue weighted by Crippen LogP contribution is 2.68. The van der Waals surface area contributed by atoms with Gasteiger partial charge in [-0.05, 0) is 92.9 Å². The van der Waals surface area contributed by atoms with E-state index in [4.69, 9.17) is 18.9 Å². The molecule has 0 bridgehead atoms. The molecule has 0 radical (unpaired) electrons. The van der Waals surface area contributed by atoms with E-state index in [1.165, 1.54) is 16.7 Å². The van der Waals surface area contributed by atoms with Gasteiger partial charge in [0.1, 0.15) is 12.2 Å². The summed E-state index contributed by atoms with van der Waals surface area (Å²) in [4.78, 5) is 0. The van der Waals surface area contributed by atoms with Gasteiger partial charge in [-0.1, -0.05) is 50.3 Å². The number of aliphatic hydroxyl groups is 2. The summed E-state index contributed by atoms with van der Waals surface area (Å²) in [6, 6.07) is 8.75. The van der Waals surface area contributed by atoms with E-state index in [2.05, 4.69) is 62.2 Å². The fourth-order valence-corrected chi connectivity index (χ4v) is 9.80. The molecule has 0 amide bonds. The number of rotatable bonds is 4. The van der Waals surface area contributed by atoms with Crippen LogP contribution in [0.15, 0.2) is 35.4 Å². The summed E-state index contributed by atoms with van der Waals surface area (Å²) in [6.07, 6.45) is 8.96. The molecule has 5 fully saturated rings. The number of allylic oxidation sites excluding steroid dienone is 1. The summed E-state index contributed by atoms with van der Waals surface area (Å²) in [7, 11) is 1.94. The summed E-state index contributed by atoms with van der Waals surface area (Å²) in [6.45, 7) is 8.94. The zero-order chi connectivity index (χ0) is 31.5. The highest BCUT2D eigenvalue weighted by Gasteiger charge is 2.64. The van der Waals surface area contributed by atoms with Crippen LogP contribution in [-0.4, -0.2) is 67.0 Å². The Labute approximate surface area is 269 Å². The maximum atomic E-state index is 12.5. The third-order valence-electron chi connectivity index (χ3n) is 12.4. The Kier molecular flexibility index (Phi) is 8.20. The lowest BCUT2D eigenvalue weighted by atomic mass is 9.49. The summed E-state index contributed by atoms with van der Waals surface area (Å²) in [5, 5.41) is 28.1. The number of anilines is 1. The van der Waals surface area contributed by atoms with Crippen LogP contribution in [0.25, 0.3) is 0 Å². The van der Waals surface area contributed by atoms with Crippen molar-refractivity contribution >= 4 is 5.69 Å². The molecule has 7 rings (SSSR count). The second kappa shape index (κ2) is 11.6. The molecule has 2 saturated heterocycles. The molecule has 7 heteroatoms. The molecule has 2 aliphatic heterocycles. The Hall–Kier alpha value is -1.92. The van der Waals surface area contributed by atoms with Gasteiger partial charge < -0.3 is 34.5 Å². The van der Waals surface area contributed by atoms with E-state index in [1.54, 1.807) is 0 Å². The Morgan fingerprint density at radius 2 is 1.76 bits per heavy atom. The number of benzene rings is 1. The van der Waals surface area contributed by atoms with E-state index in [0.29, 0.717) is 44.3 Å². The standard InChI is InChI=1S/C38H53NO6/c1-34(2)24-44-38(45-25-34)19-15-31-33-28(13-17-36(31,40)23-38)30-14-18-37(41,16-7-21-43-32-8-5-6-20-42-32)35(30,3)22-29(33)26-9-11-27(39-4)12-10-26/h9-12,28-30,32,39-41H,5-6,8,13-15,17-25H2,1-4H3/t28-,29+,30-,32?,35-,36+,37-/m0/s1. The van der Waals surface area contributed by atoms with Gasteiger partial charge in [0.15, 0.2) is 12.1 Å². The normalized spacial score (nSPS) is 40.1. The minimum absolute atomic E-state index is 0.0133. The smallest absolute Gasteiger partial charge is 0.171 e. The fraction of sp³-hybridized carbons (Fsp3) is 0.737. The van der Waals surface area contributed by atoms with Crippen LogP contribution >= 0.6 is 0 Å². The third-order valence-corrected chi connectivity index (χ3v) is 12.4. The van der Waals surface area contributed by atoms with Crippen molar-refractivity contribution in [2.24, 2.45) is 22.7 Å². The Morgan fingerprint density at radius 1 is 0.978 bits per heavy atom. The Balaban J connectivity index is 1.21. The first kappa shape index (κ1) is 31.7. The van der Waals surface area contributed by atoms with E-state index in [0.717, 1.165) is 63.7 Å². The quantitative estimate of drug-likeness (QED) is 0.269. The van der Waals surface area contributed by atoms with Crippen LogP contribution < -0.4 is 5.32 Å². The van der Waals surface area contributed by atoms with Gasteiger partial charge in [0, 0.05) is 48.9 Å². The summed E-state index contributed by atoms with van der Waals surface area (Å²) >= 11 is 0. The summed E-state index contributed by atoms with van der Waals surface area (Å²) < 4.78 is 24.5. The molecule has 1 unspecified atom stereocenters. The van der Waals surface area contributed by atoms with Gasteiger partial charge >= 0.3 is 0 Å². The lowest BCUT2D eigenvalue weighted by Crippen LogP contribution is -2.58. The largest absolute Gasteiger partial charge is 0.388 e. The second-order valence-electron chi connectivity index (χ2n) is 15.9. The van der Waals surface area contributed by atoms with Crippen LogP contribution in [-0.2, 0) is 18.9 Å². The van der Waals surface area contributed by atoms with Crippen molar-refractivity contribution in [2.75, 3.05) is 38.8 Å². The van der Waals surface area contributed by atoms with Gasteiger partial charge in [0.2, 0.25) is 0 Å². The van der Waals surface area contributed by atoms with Gasteiger partial charge in [-0.3, -0.25) is 0 Å². The number of fused-ring (bicyclic) bond motifs is 4. The zero-order valence-electron chi connectivity index (χ0n) is 27.8. The molecular weight excluding hydrogens is 566 g/mol. The van der Waals surface area contributed by atoms with E-state index in [-0.39, 0.29) is 29.6 Å². The highest BCUT2D eigenvalue weighted by atomic mass is 16.7. The number of hydrogen-bond acceptors (Lipinski definition) is 7. The topological polar surface area (TPSA) is 89.4 Å². The summed E-state index contributed by atoms with van der Waals surface area (Å²) in [5.41, 5.74) is 2.54. The average molecular weight is 620 g/mol. The monoisotopic (exact) mass is 619 g/mol. The highest BCUT2D eigenvalue weighted by molar-refractivity contribution is 5.49. The lowest BCUT2D eigenvalue weighted by Gasteiger charge is -2.58. The maximum Gasteiger partial charge on any atom is 0.171 e. The molecule has 2 heterocycles. The van der Waals surface area contributed by atoms with Crippen LogP contribution in [0.4, 0.5) is 5.69 Å².